The number of allylic oxidation sites excluding steroid dienone is 2. The lowest BCUT2D eigenvalue weighted by atomic mass is 10.0. The minimum absolute atomic E-state index is 0.276. The molecule has 0 spiro atoms. The van der Waals surface area contributed by atoms with E-state index in [-0.39, 0.29) is 5.71 Å². The Morgan fingerprint density at radius 1 is 1.14 bits per heavy atom. The first kappa shape index (κ1) is 22.1. The molecule has 0 aromatic carbocycles. The smallest absolute Gasteiger partial charge is 0.132 e. The standard InChI is InChI=1S/C28H27N7O/c29-26(25-13-22-24(34-25)4-7-32-27(22)19-5-10-36-17-19)23-12-21(15-33-28(23)30)20-11-18(3-6-31-14-20)16-35-8-1-2-9-35/h3-7,10-15,17,29,31,34H,1-2,8-9,16H2,(H2,30,33). The van der Waals surface area contributed by atoms with Gasteiger partial charge in [-0.05, 0) is 73.5 Å². The van der Waals surface area contributed by atoms with Gasteiger partial charge in [0.25, 0.3) is 0 Å². The molecule has 0 atom stereocenters. The fraction of sp³-hybridized carbons (Fsp3) is 0.179. The zero-order valence-electron chi connectivity index (χ0n) is 19.8. The molecular weight excluding hydrogens is 450 g/mol. The predicted molar refractivity (Wildman–Crippen MR) is 142 cm³/mol. The summed E-state index contributed by atoms with van der Waals surface area (Å²) in [5, 5.41) is 13.1. The second-order valence-corrected chi connectivity index (χ2v) is 9.15. The summed E-state index contributed by atoms with van der Waals surface area (Å²) in [5.74, 6) is 0.317. The number of pyridine rings is 2. The van der Waals surface area contributed by atoms with Gasteiger partial charge in [-0.15, -0.1) is 0 Å². The van der Waals surface area contributed by atoms with Gasteiger partial charge in [0.05, 0.1) is 29.6 Å². The zero-order chi connectivity index (χ0) is 24.5. The largest absolute Gasteiger partial charge is 0.472 e. The quantitative estimate of drug-likeness (QED) is 0.299. The molecule has 36 heavy (non-hydrogen) atoms. The highest BCUT2D eigenvalue weighted by atomic mass is 16.3. The van der Waals surface area contributed by atoms with Gasteiger partial charge in [-0.3, -0.25) is 15.3 Å². The van der Waals surface area contributed by atoms with Gasteiger partial charge in [0.15, 0.2) is 0 Å². The summed E-state index contributed by atoms with van der Waals surface area (Å²) < 4.78 is 5.24. The van der Waals surface area contributed by atoms with Crippen LogP contribution in [0.2, 0.25) is 0 Å². The Balaban J connectivity index is 1.33. The summed E-state index contributed by atoms with van der Waals surface area (Å²) in [6.45, 7) is 3.21. The van der Waals surface area contributed by atoms with E-state index in [1.54, 1.807) is 24.9 Å². The number of nitrogen functional groups attached to an aromatic ring is 1. The summed E-state index contributed by atoms with van der Waals surface area (Å²) in [5.41, 5.74) is 13.5. The van der Waals surface area contributed by atoms with Crippen molar-refractivity contribution in [3.63, 3.8) is 0 Å². The Labute approximate surface area is 208 Å². The summed E-state index contributed by atoms with van der Waals surface area (Å²) in [6.07, 6.45) is 17.5. The van der Waals surface area contributed by atoms with Gasteiger partial charge in [-0.2, -0.15) is 0 Å². The zero-order valence-corrected chi connectivity index (χ0v) is 19.8. The van der Waals surface area contributed by atoms with Gasteiger partial charge in [-0.25, -0.2) is 4.98 Å². The van der Waals surface area contributed by atoms with Crippen LogP contribution >= 0.6 is 0 Å². The lowest BCUT2D eigenvalue weighted by Crippen LogP contribution is -2.21. The van der Waals surface area contributed by atoms with Crippen molar-refractivity contribution < 1.29 is 4.42 Å². The van der Waals surface area contributed by atoms with Gasteiger partial charge in [0, 0.05) is 58.9 Å². The van der Waals surface area contributed by atoms with E-state index in [0.29, 0.717) is 17.1 Å². The van der Waals surface area contributed by atoms with Gasteiger partial charge >= 0.3 is 0 Å². The summed E-state index contributed by atoms with van der Waals surface area (Å²) in [7, 11) is 0. The van der Waals surface area contributed by atoms with Gasteiger partial charge in [0.1, 0.15) is 5.82 Å². The molecule has 4 aromatic rings. The van der Waals surface area contributed by atoms with E-state index in [2.05, 4.69) is 37.3 Å². The molecule has 0 saturated carbocycles. The molecule has 8 heteroatoms. The maximum atomic E-state index is 8.97. The molecular formula is C28H27N7O. The van der Waals surface area contributed by atoms with Crippen LogP contribution in [0.25, 0.3) is 27.7 Å². The van der Waals surface area contributed by atoms with Crippen LogP contribution < -0.4 is 11.1 Å². The number of anilines is 1. The first-order valence-electron chi connectivity index (χ1n) is 12.1. The number of furan rings is 1. The minimum Gasteiger partial charge on any atom is -0.472 e. The molecule has 0 aliphatic carbocycles. The second-order valence-electron chi connectivity index (χ2n) is 9.15. The monoisotopic (exact) mass is 477 g/mol. The number of nitrogens with zero attached hydrogens (tertiary/aromatic N) is 3. The number of fused-ring (bicyclic) bond motifs is 1. The van der Waals surface area contributed by atoms with Crippen molar-refractivity contribution in [3.8, 4) is 11.3 Å². The molecule has 2 aliphatic rings. The summed E-state index contributed by atoms with van der Waals surface area (Å²) >= 11 is 0. The van der Waals surface area contributed by atoms with Crippen LogP contribution in [-0.2, 0) is 0 Å². The molecule has 0 unspecified atom stereocenters. The lowest BCUT2D eigenvalue weighted by molar-refractivity contribution is 0.371. The van der Waals surface area contributed by atoms with Crippen LogP contribution in [0.15, 0.2) is 83.7 Å². The molecule has 2 aliphatic heterocycles. The molecule has 1 fully saturated rings. The van der Waals surface area contributed by atoms with Crippen molar-refractivity contribution in [3.05, 3.63) is 96.1 Å². The summed E-state index contributed by atoms with van der Waals surface area (Å²) in [4.78, 5) is 14.8. The Bertz CT molecular complexity index is 1520. The van der Waals surface area contributed by atoms with Crippen LogP contribution in [0.1, 0.15) is 29.7 Å². The molecule has 5 N–H and O–H groups in total. The molecule has 6 rings (SSSR count). The third kappa shape index (κ3) is 4.23. The molecule has 8 nitrogen and oxygen atoms in total. The first-order valence-corrected chi connectivity index (χ1v) is 12.1. The van der Waals surface area contributed by atoms with E-state index in [1.807, 2.05) is 36.7 Å². The van der Waals surface area contributed by atoms with E-state index in [9.17, 15) is 0 Å². The maximum absolute atomic E-state index is 8.97. The molecule has 180 valence electrons. The van der Waals surface area contributed by atoms with Gasteiger partial charge in [-0.1, -0.05) is 0 Å². The van der Waals surface area contributed by atoms with Crippen molar-refractivity contribution in [1.82, 2.24) is 25.2 Å². The third-order valence-electron chi connectivity index (χ3n) is 6.71. The lowest BCUT2D eigenvalue weighted by Gasteiger charge is -2.15. The average Bonchev–Trinajstić information content (AvgIpc) is 3.65. The van der Waals surface area contributed by atoms with Crippen molar-refractivity contribution in [2.24, 2.45) is 0 Å². The number of nitrogens with two attached hydrogens (primary N) is 1. The van der Waals surface area contributed by atoms with Crippen LogP contribution in [0.4, 0.5) is 5.82 Å². The van der Waals surface area contributed by atoms with E-state index in [0.717, 1.165) is 52.9 Å². The number of likely N-dealkylation sites (tertiary alicyclic amines) is 1. The third-order valence-corrected chi connectivity index (χ3v) is 6.71. The van der Waals surface area contributed by atoms with E-state index >= 15 is 0 Å². The number of hydrogen-bond acceptors (Lipinski definition) is 7. The highest BCUT2D eigenvalue weighted by Gasteiger charge is 2.18. The molecule has 0 radical (unpaired) electrons. The van der Waals surface area contributed by atoms with Gasteiger partial charge in [0.2, 0.25) is 0 Å². The van der Waals surface area contributed by atoms with E-state index in [4.69, 9.17) is 15.6 Å². The Morgan fingerprint density at radius 2 is 2.03 bits per heavy atom. The summed E-state index contributed by atoms with van der Waals surface area (Å²) in [6, 6.07) is 7.65. The molecule has 4 aromatic heterocycles. The number of H-pyrrole nitrogens is 1. The minimum atomic E-state index is 0.276. The maximum Gasteiger partial charge on any atom is 0.132 e. The Morgan fingerprint density at radius 3 is 2.86 bits per heavy atom. The average molecular weight is 478 g/mol. The fourth-order valence-electron chi connectivity index (χ4n) is 4.84. The van der Waals surface area contributed by atoms with Crippen molar-refractivity contribution in [2.45, 2.75) is 12.8 Å². The topological polar surface area (TPSA) is 120 Å². The highest BCUT2D eigenvalue weighted by molar-refractivity contribution is 6.15. The number of nitrogens with one attached hydrogen (secondary N) is 3. The van der Waals surface area contributed by atoms with E-state index < -0.39 is 0 Å². The van der Waals surface area contributed by atoms with Crippen molar-refractivity contribution >= 4 is 28.0 Å². The molecule has 0 bridgehead atoms. The SMILES string of the molecule is N=C(c1cc2c(-c3ccoc3)nccc2[nH]1)c1cc(C2=CNC=CC(CN3CCCC3)=C2)cnc1N. The normalized spacial score (nSPS) is 16.0. The van der Waals surface area contributed by atoms with Crippen LogP contribution in [0.3, 0.4) is 0 Å². The van der Waals surface area contributed by atoms with Crippen molar-refractivity contribution in [2.75, 3.05) is 25.4 Å². The second kappa shape index (κ2) is 9.31. The first-order chi connectivity index (χ1) is 17.7. The molecule has 0 amide bonds. The number of aromatic nitrogens is 3. The highest BCUT2D eigenvalue weighted by Crippen LogP contribution is 2.29. The molecule has 1 saturated heterocycles. The van der Waals surface area contributed by atoms with E-state index in [1.165, 1.54) is 18.4 Å². The van der Waals surface area contributed by atoms with Crippen LogP contribution in [0, 0.1) is 5.41 Å². The van der Waals surface area contributed by atoms with Gasteiger partial charge < -0.3 is 20.5 Å². The number of aromatic amines is 1. The Kier molecular flexibility index (Phi) is 5.71. The molecule has 6 heterocycles. The predicted octanol–water partition coefficient (Wildman–Crippen LogP) is 4.70. The number of rotatable bonds is 6. The number of hydrogen-bond donors (Lipinski definition) is 4. The Hall–Kier alpha value is -4.43. The van der Waals surface area contributed by atoms with Crippen LogP contribution in [0.5, 0.6) is 0 Å². The van der Waals surface area contributed by atoms with Crippen LogP contribution in [-0.4, -0.2) is 45.2 Å². The fourth-order valence-corrected chi connectivity index (χ4v) is 4.84. The van der Waals surface area contributed by atoms with Crippen molar-refractivity contribution in [1.29, 1.82) is 5.41 Å².